The molecule has 2 aliphatic rings. The number of imide groups is 2. The van der Waals surface area contributed by atoms with Crippen LogP contribution >= 0.6 is 0 Å². The predicted molar refractivity (Wildman–Crippen MR) is 92.2 cm³/mol. The number of amides is 5. The standard InChI is InChI=1S/C18H21N3O7/c22-14(20-18(26)19-8-11-4-3-7-27-11)10-28-15(23)9-21-16(24)12-5-1-2-6-13(12)17(21)25/h3-4,7,12-13H,1-2,5-6,8-10H2,(H2,19,20,22,26)/t12-,13-/m0/s1. The van der Waals surface area contributed by atoms with Crippen molar-refractivity contribution in [3.8, 4) is 0 Å². The highest BCUT2D eigenvalue weighted by molar-refractivity contribution is 6.07. The van der Waals surface area contributed by atoms with Crippen LogP contribution in [0.1, 0.15) is 31.4 Å². The van der Waals surface area contributed by atoms with E-state index in [1.165, 1.54) is 6.26 Å². The van der Waals surface area contributed by atoms with E-state index in [1.54, 1.807) is 12.1 Å². The van der Waals surface area contributed by atoms with Gasteiger partial charge in [0.2, 0.25) is 11.8 Å². The van der Waals surface area contributed by atoms with Gasteiger partial charge >= 0.3 is 12.0 Å². The van der Waals surface area contributed by atoms with Crippen LogP contribution in [0, 0.1) is 11.8 Å². The number of hydrogen-bond acceptors (Lipinski definition) is 7. The minimum atomic E-state index is -0.883. The van der Waals surface area contributed by atoms with Crippen LogP contribution in [0.2, 0.25) is 0 Å². The molecule has 28 heavy (non-hydrogen) atoms. The third-order valence-electron chi connectivity index (χ3n) is 4.84. The van der Waals surface area contributed by atoms with Crippen LogP contribution in [0.15, 0.2) is 22.8 Å². The van der Waals surface area contributed by atoms with Crippen LogP contribution in [0.25, 0.3) is 0 Å². The first-order valence-electron chi connectivity index (χ1n) is 9.06. The van der Waals surface area contributed by atoms with Crippen LogP contribution < -0.4 is 10.6 Å². The van der Waals surface area contributed by atoms with Crippen LogP contribution in [0.3, 0.4) is 0 Å². The molecule has 10 heteroatoms. The third-order valence-corrected chi connectivity index (χ3v) is 4.84. The summed E-state index contributed by atoms with van der Waals surface area (Å²) in [6, 6.07) is 2.54. The van der Waals surface area contributed by atoms with Crippen molar-refractivity contribution in [2.75, 3.05) is 13.2 Å². The molecule has 2 fully saturated rings. The van der Waals surface area contributed by atoms with E-state index in [9.17, 15) is 24.0 Å². The van der Waals surface area contributed by atoms with Crippen molar-refractivity contribution >= 4 is 29.7 Å². The molecule has 0 aromatic carbocycles. The third kappa shape index (κ3) is 4.56. The van der Waals surface area contributed by atoms with Crippen molar-refractivity contribution < 1.29 is 33.1 Å². The van der Waals surface area contributed by atoms with E-state index in [-0.39, 0.29) is 30.2 Å². The topological polar surface area (TPSA) is 135 Å². The number of furan rings is 1. The number of carbonyl (C=O) groups excluding carboxylic acids is 5. The van der Waals surface area contributed by atoms with Gasteiger partial charge in [0.25, 0.3) is 5.91 Å². The van der Waals surface area contributed by atoms with Gasteiger partial charge in [-0.2, -0.15) is 0 Å². The summed E-state index contributed by atoms with van der Waals surface area (Å²) in [7, 11) is 0. The lowest BCUT2D eigenvalue weighted by atomic mass is 9.81. The molecule has 1 aliphatic heterocycles. The number of rotatable bonds is 6. The fourth-order valence-electron chi connectivity index (χ4n) is 3.50. The van der Waals surface area contributed by atoms with Crippen molar-refractivity contribution in [3.05, 3.63) is 24.2 Å². The average Bonchev–Trinajstić information content (AvgIpc) is 3.28. The number of likely N-dealkylation sites (tertiary alicyclic amines) is 1. The molecule has 1 saturated heterocycles. The largest absolute Gasteiger partial charge is 0.467 e. The smallest absolute Gasteiger partial charge is 0.326 e. The first-order chi connectivity index (χ1) is 13.5. The second-order valence-electron chi connectivity index (χ2n) is 6.73. The van der Waals surface area contributed by atoms with Gasteiger partial charge in [0.1, 0.15) is 12.3 Å². The van der Waals surface area contributed by atoms with Crippen LogP contribution in [-0.2, 0) is 30.5 Å². The summed E-state index contributed by atoms with van der Waals surface area (Å²) in [4.78, 5) is 60.7. The minimum absolute atomic E-state index is 0.0907. The maximum atomic E-state index is 12.3. The Morgan fingerprint density at radius 2 is 1.82 bits per heavy atom. The number of fused-ring (bicyclic) bond motifs is 1. The summed E-state index contributed by atoms with van der Waals surface area (Å²) in [5, 5.41) is 4.39. The van der Waals surface area contributed by atoms with Gasteiger partial charge in [0.05, 0.1) is 24.6 Å². The van der Waals surface area contributed by atoms with E-state index in [0.29, 0.717) is 18.6 Å². The Bertz CT molecular complexity index is 750. The summed E-state index contributed by atoms with van der Waals surface area (Å²) in [6.45, 7) is -1.13. The van der Waals surface area contributed by atoms with Crippen molar-refractivity contribution in [1.82, 2.24) is 15.5 Å². The van der Waals surface area contributed by atoms with E-state index in [1.807, 2.05) is 5.32 Å². The second kappa shape index (κ2) is 8.68. The van der Waals surface area contributed by atoms with Gasteiger partial charge in [-0.3, -0.25) is 29.4 Å². The van der Waals surface area contributed by atoms with Gasteiger partial charge in [-0.15, -0.1) is 0 Å². The number of esters is 1. The summed E-state index contributed by atoms with van der Waals surface area (Å²) >= 11 is 0. The Hall–Kier alpha value is -3.17. The molecule has 2 atom stereocenters. The Labute approximate surface area is 160 Å². The molecule has 2 N–H and O–H groups in total. The minimum Gasteiger partial charge on any atom is -0.467 e. The van der Waals surface area contributed by atoms with E-state index >= 15 is 0 Å². The van der Waals surface area contributed by atoms with Gasteiger partial charge in [-0.1, -0.05) is 12.8 Å². The monoisotopic (exact) mass is 391 g/mol. The van der Waals surface area contributed by atoms with Gasteiger partial charge in [0.15, 0.2) is 6.61 Å². The van der Waals surface area contributed by atoms with Crippen molar-refractivity contribution in [2.24, 2.45) is 11.8 Å². The SMILES string of the molecule is O=C(COC(=O)CN1C(=O)[C@H]2CCCC[C@@H]2C1=O)NC(=O)NCc1ccco1. The highest BCUT2D eigenvalue weighted by atomic mass is 16.5. The quantitative estimate of drug-likeness (QED) is 0.527. The Balaban J connectivity index is 1.39. The van der Waals surface area contributed by atoms with Gasteiger partial charge < -0.3 is 14.5 Å². The van der Waals surface area contributed by atoms with Crippen LogP contribution in [0.5, 0.6) is 0 Å². The molecule has 1 aromatic heterocycles. The van der Waals surface area contributed by atoms with Crippen LogP contribution in [-0.4, -0.2) is 47.8 Å². The van der Waals surface area contributed by atoms with E-state index < -0.39 is 31.1 Å². The highest BCUT2D eigenvalue weighted by Crippen LogP contribution is 2.37. The average molecular weight is 391 g/mol. The first-order valence-corrected chi connectivity index (χ1v) is 9.06. The van der Waals surface area contributed by atoms with Crippen molar-refractivity contribution in [2.45, 2.75) is 32.2 Å². The molecule has 150 valence electrons. The molecule has 1 aromatic rings. The molecular formula is C18H21N3O7. The normalized spacial score (nSPS) is 21.2. The fraction of sp³-hybridized carbons (Fsp3) is 0.500. The van der Waals surface area contributed by atoms with Crippen molar-refractivity contribution in [1.29, 1.82) is 0 Å². The Morgan fingerprint density at radius 1 is 1.14 bits per heavy atom. The predicted octanol–water partition coefficient (Wildman–Crippen LogP) is 0.324. The van der Waals surface area contributed by atoms with E-state index in [2.05, 4.69) is 5.32 Å². The van der Waals surface area contributed by atoms with Gasteiger partial charge in [-0.05, 0) is 25.0 Å². The van der Waals surface area contributed by atoms with Gasteiger partial charge in [-0.25, -0.2) is 4.79 Å². The van der Waals surface area contributed by atoms with E-state index in [4.69, 9.17) is 9.15 Å². The zero-order valence-corrected chi connectivity index (χ0v) is 15.1. The number of carbonyl (C=O) groups is 5. The molecule has 1 aliphatic carbocycles. The summed E-state index contributed by atoms with van der Waals surface area (Å²) in [5.74, 6) is -2.62. The highest BCUT2D eigenvalue weighted by Gasteiger charge is 2.48. The molecule has 0 bridgehead atoms. The molecule has 5 amide bonds. The molecule has 0 spiro atoms. The number of nitrogens with zero attached hydrogens (tertiary/aromatic N) is 1. The molecule has 10 nitrogen and oxygen atoms in total. The summed E-state index contributed by atoms with van der Waals surface area (Å²) in [6.07, 6.45) is 4.53. The molecule has 3 rings (SSSR count). The van der Waals surface area contributed by atoms with Crippen LogP contribution in [0.4, 0.5) is 4.79 Å². The maximum Gasteiger partial charge on any atom is 0.326 e. The number of ether oxygens (including phenoxy) is 1. The van der Waals surface area contributed by atoms with Gasteiger partial charge in [0, 0.05) is 0 Å². The Morgan fingerprint density at radius 3 is 2.43 bits per heavy atom. The maximum absolute atomic E-state index is 12.3. The Kier molecular flexibility index (Phi) is 6.07. The zero-order chi connectivity index (χ0) is 20.1. The lowest BCUT2D eigenvalue weighted by Gasteiger charge is -2.19. The summed E-state index contributed by atoms with van der Waals surface area (Å²) < 4.78 is 9.80. The summed E-state index contributed by atoms with van der Waals surface area (Å²) in [5.41, 5.74) is 0. The van der Waals surface area contributed by atoms with E-state index in [0.717, 1.165) is 17.7 Å². The molecular weight excluding hydrogens is 370 g/mol. The number of urea groups is 1. The molecule has 0 radical (unpaired) electrons. The second-order valence-corrected chi connectivity index (χ2v) is 6.73. The number of hydrogen-bond donors (Lipinski definition) is 2. The molecule has 1 saturated carbocycles. The van der Waals surface area contributed by atoms with Crippen molar-refractivity contribution in [3.63, 3.8) is 0 Å². The zero-order valence-electron chi connectivity index (χ0n) is 15.1. The fourth-order valence-corrected chi connectivity index (χ4v) is 3.50. The lowest BCUT2D eigenvalue weighted by molar-refractivity contribution is -0.154. The first kappa shape index (κ1) is 19.6. The lowest BCUT2D eigenvalue weighted by Crippen LogP contribution is -2.42. The molecule has 0 unspecified atom stereocenters. The molecule has 2 heterocycles. The number of nitrogens with one attached hydrogen (secondary N) is 2.